The molecular weight excluding hydrogens is 305 g/mol. The third-order valence-corrected chi connectivity index (χ3v) is 4.77. The number of rotatable bonds is 6. The fraction of sp³-hybridized carbons (Fsp3) is 0.250. The molecule has 0 aliphatic rings. The minimum Gasteiger partial charge on any atom is -0.388 e. The summed E-state index contributed by atoms with van der Waals surface area (Å²) in [7, 11) is -3.58. The normalized spacial score (nSPS) is 13.0. The van der Waals surface area contributed by atoms with Gasteiger partial charge in [0.1, 0.15) is 5.82 Å². The molecule has 0 amide bonds. The standard InChI is InChI=1S/C16H18FNO3S/c1-12-2-8-15(9-3-12)22(20,21)18-11-10-16(19)13-4-6-14(17)7-5-13/h2-9,16,18-19H,10-11H2,1H3. The van der Waals surface area contributed by atoms with Crippen LogP contribution in [-0.2, 0) is 10.0 Å². The molecule has 1 unspecified atom stereocenters. The van der Waals surface area contributed by atoms with Crippen molar-refractivity contribution >= 4 is 10.0 Å². The molecule has 22 heavy (non-hydrogen) atoms. The maximum absolute atomic E-state index is 12.8. The summed E-state index contributed by atoms with van der Waals surface area (Å²) in [5.74, 6) is -0.379. The number of hydrogen-bond donors (Lipinski definition) is 2. The average molecular weight is 323 g/mol. The molecule has 2 aromatic rings. The van der Waals surface area contributed by atoms with Gasteiger partial charge in [0.25, 0.3) is 0 Å². The molecule has 0 aliphatic carbocycles. The fourth-order valence-corrected chi connectivity index (χ4v) is 3.03. The van der Waals surface area contributed by atoms with Gasteiger partial charge in [-0.15, -0.1) is 0 Å². The first kappa shape index (κ1) is 16.6. The van der Waals surface area contributed by atoms with Crippen LogP contribution in [-0.4, -0.2) is 20.1 Å². The molecule has 2 aromatic carbocycles. The van der Waals surface area contributed by atoms with E-state index in [4.69, 9.17) is 0 Å². The first-order valence-corrected chi connectivity index (χ1v) is 8.37. The van der Waals surface area contributed by atoms with Crippen LogP contribution in [0, 0.1) is 12.7 Å². The minimum absolute atomic E-state index is 0.0920. The van der Waals surface area contributed by atoms with Crippen molar-refractivity contribution in [3.05, 3.63) is 65.5 Å². The van der Waals surface area contributed by atoms with Crippen molar-refractivity contribution < 1.29 is 17.9 Å². The molecule has 0 aromatic heterocycles. The first-order valence-electron chi connectivity index (χ1n) is 6.88. The second-order valence-electron chi connectivity index (χ2n) is 5.07. The lowest BCUT2D eigenvalue weighted by Gasteiger charge is -2.12. The maximum Gasteiger partial charge on any atom is 0.240 e. The highest BCUT2D eigenvalue weighted by atomic mass is 32.2. The van der Waals surface area contributed by atoms with Gasteiger partial charge in [-0.2, -0.15) is 0 Å². The Kier molecular flexibility index (Phi) is 5.28. The van der Waals surface area contributed by atoms with Crippen LogP contribution in [0.2, 0.25) is 0 Å². The first-order chi connectivity index (χ1) is 10.4. The predicted octanol–water partition coefficient (Wildman–Crippen LogP) is 2.54. The quantitative estimate of drug-likeness (QED) is 0.858. The molecule has 0 bridgehead atoms. The molecule has 0 heterocycles. The van der Waals surface area contributed by atoms with Gasteiger partial charge in [-0.25, -0.2) is 17.5 Å². The van der Waals surface area contributed by atoms with Gasteiger partial charge in [0, 0.05) is 6.54 Å². The van der Waals surface area contributed by atoms with Gasteiger partial charge in [-0.1, -0.05) is 29.8 Å². The lowest BCUT2D eigenvalue weighted by atomic mass is 10.1. The van der Waals surface area contributed by atoms with Gasteiger partial charge in [-0.3, -0.25) is 0 Å². The zero-order chi connectivity index (χ0) is 16.2. The highest BCUT2D eigenvalue weighted by Crippen LogP contribution is 2.17. The number of nitrogens with one attached hydrogen (secondary N) is 1. The van der Waals surface area contributed by atoms with E-state index in [1.807, 2.05) is 6.92 Å². The SMILES string of the molecule is Cc1ccc(S(=O)(=O)NCCC(O)c2ccc(F)cc2)cc1. The van der Waals surface area contributed by atoms with Crippen LogP contribution >= 0.6 is 0 Å². The van der Waals surface area contributed by atoms with E-state index in [2.05, 4.69) is 4.72 Å². The Hall–Kier alpha value is -1.76. The zero-order valence-electron chi connectivity index (χ0n) is 12.2. The van der Waals surface area contributed by atoms with Gasteiger partial charge in [0.2, 0.25) is 10.0 Å². The van der Waals surface area contributed by atoms with Gasteiger partial charge in [0.05, 0.1) is 11.0 Å². The highest BCUT2D eigenvalue weighted by molar-refractivity contribution is 7.89. The lowest BCUT2D eigenvalue weighted by Crippen LogP contribution is -2.26. The van der Waals surface area contributed by atoms with Crippen molar-refractivity contribution in [1.82, 2.24) is 4.72 Å². The summed E-state index contributed by atoms with van der Waals surface area (Å²) in [5.41, 5.74) is 1.53. The van der Waals surface area contributed by atoms with E-state index < -0.39 is 16.1 Å². The van der Waals surface area contributed by atoms with Crippen LogP contribution in [0.1, 0.15) is 23.7 Å². The Morgan fingerprint density at radius 1 is 1.09 bits per heavy atom. The molecule has 2 N–H and O–H groups in total. The number of halogens is 1. The van der Waals surface area contributed by atoms with E-state index in [0.717, 1.165) is 5.56 Å². The van der Waals surface area contributed by atoms with Crippen molar-refractivity contribution in [1.29, 1.82) is 0 Å². The topological polar surface area (TPSA) is 66.4 Å². The molecule has 0 spiro atoms. The van der Waals surface area contributed by atoms with E-state index >= 15 is 0 Å². The Morgan fingerprint density at radius 3 is 2.27 bits per heavy atom. The van der Waals surface area contributed by atoms with E-state index in [-0.39, 0.29) is 23.7 Å². The number of hydrogen-bond acceptors (Lipinski definition) is 3. The zero-order valence-corrected chi connectivity index (χ0v) is 13.0. The lowest BCUT2D eigenvalue weighted by molar-refractivity contribution is 0.169. The van der Waals surface area contributed by atoms with E-state index in [0.29, 0.717) is 5.56 Å². The van der Waals surface area contributed by atoms with Gasteiger partial charge in [-0.05, 0) is 43.2 Å². The summed E-state index contributed by atoms with van der Waals surface area (Å²) in [6.45, 7) is 1.97. The predicted molar refractivity (Wildman–Crippen MR) is 82.3 cm³/mol. The molecule has 2 rings (SSSR count). The van der Waals surface area contributed by atoms with E-state index in [9.17, 15) is 17.9 Å². The smallest absolute Gasteiger partial charge is 0.240 e. The fourth-order valence-electron chi connectivity index (χ4n) is 1.98. The van der Waals surface area contributed by atoms with Crippen LogP contribution < -0.4 is 4.72 Å². The van der Waals surface area contributed by atoms with E-state index in [1.54, 1.807) is 12.1 Å². The Labute approximate surface area is 129 Å². The highest BCUT2D eigenvalue weighted by Gasteiger charge is 2.14. The summed E-state index contributed by atoms with van der Waals surface area (Å²) in [6.07, 6.45) is -0.641. The monoisotopic (exact) mass is 323 g/mol. The Balaban J connectivity index is 1.92. The van der Waals surface area contributed by atoms with Crippen molar-refractivity contribution in [2.75, 3.05) is 6.54 Å². The minimum atomic E-state index is -3.58. The number of sulfonamides is 1. The Bertz CT molecular complexity index is 712. The van der Waals surface area contributed by atoms with Crippen LogP contribution in [0.5, 0.6) is 0 Å². The van der Waals surface area contributed by atoms with Crippen LogP contribution in [0.15, 0.2) is 53.4 Å². The number of aliphatic hydroxyl groups excluding tert-OH is 1. The van der Waals surface area contributed by atoms with E-state index in [1.165, 1.54) is 36.4 Å². The number of aryl methyl sites for hydroxylation is 1. The maximum atomic E-state index is 12.8. The van der Waals surface area contributed by atoms with Crippen LogP contribution in [0.25, 0.3) is 0 Å². The second-order valence-corrected chi connectivity index (χ2v) is 6.83. The molecule has 1 atom stereocenters. The molecule has 6 heteroatoms. The largest absolute Gasteiger partial charge is 0.388 e. The van der Waals surface area contributed by atoms with Gasteiger partial charge < -0.3 is 5.11 Å². The Morgan fingerprint density at radius 2 is 1.68 bits per heavy atom. The second kappa shape index (κ2) is 7.00. The third kappa shape index (κ3) is 4.37. The molecule has 4 nitrogen and oxygen atoms in total. The summed E-state index contributed by atoms with van der Waals surface area (Å²) in [4.78, 5) is 0.189. The van der Waals surface area contributed by atoms with Gasteiger partial charge >= 0.3 is 0 Å². The number of benzene rings is 2. The van der Waals surface area contributed by atoms with Crippen molar-refractivity contribution in [3.8, 4) is 0 Å². The molecular formula is C16H18FNO3S. The van der Waals surface area contributed by atoms with Gasteiger partial charge in [0.15, 0.2) is 0 Å². The van der Waals surface area contributed by atoms with Crippen LogP contribution in [0.3, 0.4) is 0 Å². The molecule has 118 valence electrons. The van der Waals surface area contributed by atoms with Crippen LogP contribution in [0.4, 0.5) is 4.39 Å². The summed E-state index contributed by atoms with van der Waals surface area (Å²) in [5, 5.41) is 9.96. The molecule has 0 fully saturated rings. The molecule has 0 saturated heterocycles. The number of aliphatic hydroxyl groups is 1. The molecule has 0 radical (unpaired) electrons. The van der Waals surface area contributed by atoms with Crippen molar-refractivity contribution in [3.63, 3.8) is 0 Å². The van der Waals surface area contributed by atoms with Crippen molar-refractivity contribution in [2.24, 2.45) is 0 Å². The molecule has 0 aliphatic heterocycles. The summed E-state index contributed by atoms with van der Waals surface area (Å²) < 4.78 is 39.4. The summed E-state index contributed by atoms with van der Waals surface area (Å²) >= 11 is 0. The third-order valence-electron chi connectivity index (χ3n) is 3.30. The molecule has 0 saturated carbocycles. The van der Waals surface area contributed by atoms with Crippen molar-refractivity contribution in [2.45, 2.75) is 24.3 Å². The summed E-state index contributed by atoms with van der Waals surface area (Å²) in [6, 6.07) is 12.0. The average Bonchev–Trinajstić information content (AvgIpc) is 2.48.